The summed E-state index contributed by atoms with van der Waals surface area (Å²) in [5.41, 5.74) is 4.20. The van der Waals surface area contributed by atoms with Gasteiger partial charge in [-0.1, -0.05) is 12.1 Å². The maximum absolute atomic E-state index is 5.79. The predicted molar refractivity (Wildman–Crippen MR) is 100 cm³/mol. The Kier molecular flexibility index (Phi) is 3.45. The Balaban J connectivity index is 1.56. The van der Waals surface area contributed by atoms with Crippen molar-refractivity contribution in [3.05, 3.63) is 53.9 Å². The van der Waals surface area contributed by atoms with Crippen LogP contribution in [0.4, 0.5) is 0 Å². The van der Waals surface area contributed by atoms with Crippen LogP contribution in [0.5, 0.6) is 11.5 Å². The Bertz CT molecular complexity index is 1040. The first-order valence-electron chi connectivity index (χ1n) is 8.30. The van der Waals surface area contributed by atoms with E-state index >= 15 is 0 Å². The molecule has 1 N–H and O–H groups in total. The number of imidazole rings is 1. The van der Waals surface area contributed by atoms with E-state index in [-0.39, 0.29) is 0 Å². The van der Waals surface area contributed by atoms with E-state index in [0.29, 0.717) is 13.2 Å². The lowest BCUT2D eigenvalue weighted by Crippen LogP contribution is -1.97. The monoisotopic (exact) mass is 348 g/mol. The molecule has 0 saturated carbocycles. The second kappa shape index (κ2) is 5.93. The van der Waals surface area contributed by atoms with Crippen molar-refractivity contribution >= 4 is 22.4 Å². The number of nitrogens with one attached hydrogen (secondary N) is 1. The Morgan fingerprint density at radius 2 is 1.80 bits per heavy atom. The molecule has 0 saturated heterocycles. The molecule has 4 aromatic rings. The van der Waals surface area contributed by atoms with Crippen LogP contribution in [0.3, 0.4) is 0 Å². The largest absolute Gasteiger partial charge is 0.490 e. The van der Waals surface area contributed by atoms with Crippen LogP contribution in [0.1, 0.15) is 6.42 Å². The smallest absolute Gasteiger partial charge is 0.161 e. The third-order valence-electron chi connectivity index (χ3n) is 4.31. The van der Waals surface area contributed by atoms with Crippen LogP contribution >= 0.6 is 11.3 Å². The van der Waals surface area contributed by atoms with E-state index in [1.807, 2.05) is 18.2 Å². The molecule has 124 valence electrons. The summed E-state index contributed by atoms with van der Waals surface area (Å²) in [5.74, 6) is 2.43. The minimum atomic E-state index is 0.681. The molecule has 0 bridgehead atoms. The van der Waals surface area contributed by atoms with Crippen molar-refractivity contribution in [1.82, 2.24) is 9.97 Å². The third kappa shape index (κ3) is 2.66. The fraction of sp³-hybridized carbons (Fsp3) is 0.150. The molecule has 0 atom stereocenters. The van der Waals surface area contributed by atoms with E-state index in [0.717, 1.165) is 40.3 Å². The van der Waals surface area contributed by atoms with Crippen molar-refractivity contribution in [2.45, 2.75) is 6.42 Å². The van der Waals surface area contributed by atoms with Gasteiger partial charge in [0.2, 0.25) is 0 Å². The summed E-state index contributed by atoms with van der Waals surface area (Å²) in [5, 5.41) is 2.09. The summed E-state index contributed by atoms with van der Waals surface area (Å²) in [7, 11) is 0. The van der Waals surface area contributed by atoms with Gasteiger partial charge in [-0.2, -0.15) is 0 Å². The highest BCUT2D eigenvalue weighted by Gasteiger charge is 2.13. The zero-order valence-corrected chi connectivity index (χ0v) is 14.3. The standard InChI is InChI=1S/C20H16N2O2S/c1-3-19(25-10-1)13-4-6-15-16(11-13)22-20(21-15)14-5-7-17-18(12-14)24-9-2-8-23-17/h1,3-7,10-12H,2,8-9H2,(H,21,22). The molecule has 0 aliphatic carbocycles. The third-order valence-corrected chi connectivity index (χ3v) is 5.23. The van der Waals surface area contributed by atoms with E-state index in [1.165, 1.54) is 10.4 Å². The molecular formula is C20H16N2O2S. The van der Waals surface area contributed by atoms with Crippen molar-refractivity contribution in [1.29, 1.82) is 0 Å². The molecule has 3 heterocycles. The quantitative estimate of drug-likeness (QED) is 0.547. The summed E-state index contributed by atoms with van der Waals surface area (Å²) in [6.45, 7) is 1.38. The molecule has 5 heteroatoms. The molecule has 5 rings (SSSR count). The molecule has 1 aliphatic heterocycles. The van der Waals surface area contributed by atoms with Gasteiger partial charge in [0, 0.05) is 16.9 Å². The number of rotatable bonds is 2. The lowest BCUT2D eigenvalue weighted by molar-refractivity contribution is 0.297. The van der Waals surface area contributed by atoms with Gasteiger partial charge < -0.3 is 14.5 Å². The van der Waals surface area contributed by atoms with Gasteiger partial charge in [-0.3, -0.25) is 0 Å². The molecule has 25 heavy (non-hydrogen) atoms. The van der Waals surface area contributed by atoms with Crippen molar-refractivity contribution in [2.24, 2.45) is 0 Å². The van der Waals surface area contributed by atoms with Crippen LogP contribution in [-0.2, 0) is 0 Å². The SMILES string of the molecule is c1csc(-c2ccc3nc(-c4ccc5c(c4)OCCCO5)[nH]c3c2)c1. The van der Waals surface area contributed by atoms with Crippen LogP contribution in [0.15, 0.2) is 53.9 Å². The number of nitrogens with zero attached hydrogens (tertiary/aromatic N) is 1. The second-order valence-corrected chi connectivity index (χ2v) is 6.95. The molecule has 0 unspecified atom stereocenters. The lowest BCUT2D eigenvalue weighted by Gasteiger charge is -2.07. The van der Waals surface area contributed by atoms with Crippen LogP contribution in [0.25, 0.3) is 32.9 Å². The van der Waals surface area contributed by atoms with Crippen LogP contribution in [-0.4, -0.2) is 23.2 Å². The number of aromatic nitrogens is 2. The first-order valence-corrected chi connectivity index (χ1v) is 9.18. The highest BCUT2D eigenvalue weighted by atomic mass is 32.1. The average molecular weight is 348 g/mol. The summed E-state index contributed by atoms with van der Waals surface area (Å²) >= 11 is 1.74. The molecule has 2 aromatic heterocycles. The number of hydrogen-bond donors (Lipinski definition) is 1. The van der Waals surface area contributed by atoms with Gasteiger partial charge in [0.05, 0.1) is 24.2 Å². The number of benzene rings is 2. The Labute approximate surface area is 149 Å². The highest BCUT2D eigenvalue weighted by Crippen LogP contribution is 2.34. The first kappa shape index (κ1) is 14.5. The maximum atomic E-state index is 5.79. The van der Waals surface area contributed by atoms with Gasteiger partial charge in [0.25, 0.3) is 0 Å². The number of fused-ring (bicyclic) bond motifs is 2. The van der Waals surface area contributed by atoms with E-state index in [4.69, 9.17) is 14.5 Å². The molecule has 0 fully saturated rings. The second-order valence-electron chi connectivity index (χ2n) is 6.01. The topological polar surface area (TPSA) is 47.1 Å². The van der Waals surface area contributed by atoms with Crippen molar-refractivity contribution in [3.63, 3.8) is 0 Å². The van der Waals surface area contributed by atoms with Gasteiger partial charge in [-0.15, -0.1) is 11.3 Å². The molecule has 4 nitrogen and oxygen atoms in total. The van der Waals surface area contributed by atoms with E-state index in [2.05, 4.69) is 40.7 Å². The Morgan fingerprint density at radius 3 is 2.68 bits per heavy atom. The van der Waals surface area contributed by atoms with Gasteiger partial charge in [-0.25, -0.2) is 4.98 Å². The summed E-state index contributed by atoms with van der Waals surface area (Å²) < 4.78 is 11.5. The average Bonchev–Trinajstić information content (AvgIpc) is 3.26. The van der Waals surface area contributed by atoms with Gasteiger partial charge in [0.15, 0.2) is 11.5 Å². The van der Waals surface area contributed by atoms with Crippen molar-refractivity contribution in [2.75, 3.05) is 13.2 Å². The van der Waals surface area contributed by atoms with Gasteiger partial charge >= 0.3 is 0 Å². The first-order chi connectivity index (χ1) is 12.4. The molecule has 0 radical (unpaired) electrons. The van der Waals surface area contributed by atoms with Crippen LogP contribution in [0.2, 0.25) is 0 Å². The molecular weight excluding hydrogens is 332 g/mol. The van der Waals surface area contributed by atoms with E-state index < -0.39 is 0 Å². The highest BCUT2D eigenvalue weighted by molar-refractivity contribution is 7.13. The van der Waals surface area contributed by atoms with Crippen LogP contribution in [0, 0.1) is 0 Å². The number of hydrogen-bond acceptors (Lipinski definition) is 4. The van der Waals surface area contributed by atoms with E-state index in [9.17, 15) is 0 Å². The van der Waals surface area contributed by atoms with Gasteiger partial charge in [-0.05, 0) is 47.3 Å². The predicted octanol–water partition coefficient (Wildman–Crippen LogP) is 5.12. The maximum Gasteiger partial charge on any atom is 0.161 e. The zero-order valence-electron chi connectivity index (χ0n) is 13.5. The Hall–Kier alpha value is -2.79. The molecule has 0 spiro atoms. The van der Waals surface area contributed by atoms with E-state index in [1.54, 1.807) is 11.3 Å². The Morgan fingerprint density at radius 1 is 0.920 bits per heavy atom. The summed E-state index contributed by atoms with van der Waals surface area (Å²) in [6, 6.07) is 16.5. The fourth-order valence-electron chi connectivity index (χ4n) is 3.05. The minimum Gasteiger partial charge on any atom is -0.490 e. The van der Waals surface area contributed by atoms with Crippen molar-refractivity contribution in [3.8, 4) is 33.3 Å². The molecule has 2 aromatic carbocycles. The fourth-order valence-corrected chi connectivity index (χ4v) is 3.78. The van der Waals surface area contributed by atoms with Crippen LogP contribution < -0.4 is 9.47 Å². The number of ether oxygens (including phenoxy) is 2. The number of H-pyrrole nitrogens is 1. The summed E-state index contributed by atoms with van der Waals surface area (Å²) in [4.78, 5) is 9.42. The minimum absolute atomic E-state index is 0.681. The zero-order chi connectivity index (χ0) is 16.6. The van der Waals surface area contributed by atoms with Gasteiger partial charge in [0.1, 0.15) is 5.82 Å². The van der Waals surface area contributed by atoms with Crippen molar-refractivity contribution < 1.29 is 9.47 Å². The summed E-state index contributed by atoms with van der Waals surface area (Å²) in [6.07, 6.45) is 0.903. The normalized spacial score (nSPS) is 13.8. The molecule has 1 aliphatic rings. The number of aromatic amines is 1. The molecule has 0 amide bonds. The lowest BCUT2D eigenvalue weighted by atomic mass is 10.2. The number of thiophene rings is 1.